The van der Waals surface area contributed by atoms with E-state index >= 15 is 0 Å². The summed E-state index contributed by atoms with van der Waals surface area (Å²) < 4.78 is 11.4. The third kappa shape index (κ3) is 3.59. The second-order valence-corrected chi connectivity index (χ2v) is 11.8. The summed E-state index contributed by atoms with van der Waals surface area (Å²) in [5, 5.41) is 39.6. The lowest BCUT2D eigenvalue weighted by atomic mass is 9.45. The number of aliphatic carboxylic acids is 1. The van der Waals surface area contributed by atoms with Crippen molar-refractivity contribution in [1.29, 1.82) is 0 Å². The number of hydrogen-bond acceptors (Lipinski definition) is 7. The molecule has 4 saturated carbocycles. The van der Waals surface area contributed by atoms with Gasteiger partial charge < -0.3 is 29.9 Å². The molecule has 0 aromatic carbocycles. The number of carbonyl (C=O) groups excluding carboxylic acids is 1. The number of ether oxygens (including phenoxy) is 2. The molecule has 8 heteroatoms. The Morgan fingerprint density at radius 1 is 0.970 bits per heavy atom. The van der Waals surface area contributed by atoms with E-state index in [0.717, 1.165) is 57.8 Å². The minimum Gasteiger partial charge on any atom is -0.479 e. The minimum absolute atomic E-state index is 0.120. The van der Waals surface area contributed by atoms with Crippen LogP contribution in [0.5, 0.6) is 0 Å². The van der Waals surface area contributed by atoms with Crippen LogP contribution in [0.3, 0.4) is 0 Å². The van der Waals surface area contributed by atoms with Crippen molar-refractivity contribution in [1.82, 2.24) is 0 Å². The first-order valence-corrected chi connectivity index (χ1v) is 12.7. The molecule has 12 atom stereocenters. The van der Waals surface area contributed by atoms with Gasteiger partial charge in [0.15, 0.2) is 12.4 Å². The largest absolute Gasteiger partial charge is 0.479 e. The molecule has 0 bridgehead atoms. The number of aliphatic hydroxyl groups excluding tert-OH is 3. The van der Waals surface area contributed by atoms with Crippen molar-refractivity contribution < 1.29 is 39.5 Å². The number of carboxylic acids is 1. The number of hydrogen-bond donors (Lipinski definition) is 4. The average Bonchev–Trinajstić information content (AvgIpc) is 3.08. The predicted molar refractivity (Wildman–Crippen MR) is 116 cm³/mol. The summed E-state index contributed by atoms with van der Waals surface area (Å²) in [7, 11) is 0. The molecule has 1 aliphatic heterocycles. The summed E-state index contributed by atoms with van der Waals surface area (Å²) in [5.41, 5.74) is 0.0757. The topological polar surface area (TPSA) is 134 Å². The van der Waals surface area contributed by atoms with Crippen molar-refractivity contribution in [3.63, 3.8) is 0 Å². The highest BCUT2D eigenvalue weighted by Gasteiger charge is 2.60. The van der Waals surface area contributed by atoms with Gasteiger partial charge in [-0.25, -0.2) is 4.79 Å². The number of fused-ring (bicyclic) bond motifs is 5. The van der Waals surface area contributed by atoms with E-state index in [1.807, 2.05) is 0 Å². The van der Waals surface area contributed by atoms with Gasteiger partial charge >= 0.3 is 5.97 Å². The highest BCUT2D eigenvalue weighted by atomic mass is 16.7. The van der Waals surface area contributed by atoms with Crippen molar-refractivity contribution in [3.8, 4) is 0 Å². The lowest BCUT2D eigenvalue weighted by Crippen LogP contribution is -2.61. The zero-order valence-electron chi connectivity index (χ0n) is 19.6. The van der Waals surface area contributed by atoms with Crippen molar-refractivity contribution in [2.24, 2.45) is 34.5 Å². The molecule has 5 fully saturated rings. The lowest BCUT2D eigenvalue weighted by Gasteiger charge is -2.60. The Morgan fingerprint density at radius 2 is 1.73 bits per heavy atom. The predicted octanol–water partition coefficient (Wildman–Crippen LogP) is 1.88. The summed E-state index contributed by atoms with van der Waals surface area (Å²) >= 11 is 0. The maximum atomic E-state index is 12.6. The Bertz CT molecular complexity index is 801. The standard InChI is InChI=1S/C25H38O8/c1-24-9-7-13(32-23-20(29)18(27)19(28)21(33-23)22(30)31)11-12(24)3-4-14-15-5-6-17(26)25(15,2)10-8-16(14)24/h12-16,18-21,23,27-29H,3-11H2,1-2H3,(H,30,31)/t12?,13?,14-,15-,16-,18?,19?,20?,21?,23?,24-,25-/m0/s1. The molecule has 7 unspecified atom stereocenters. The van der Waals surface area contributed by atoms with Gasteiger partial charge in [0.05, 0.1) is 6.10 Å². The zero-order chi connectivity index (χ0) is 23.7. The molecule has 0 spiro atoms. The summed E-state index contributed by atoms with van der Waals surface area (Å²) in [6.45, 7) is 4.62. The van der Waals surface area contributed by atoms with Crippen LogP contribution in [-0.4, -0.2) is 69.0 Å². The SMILES string of the molecule is C[C@]12CCC(OC3OC(C(=O)O)C(O)C(O)C3O)CC1CC[C@@H]1[C@@H]2CC[C@]2(C)C(=O)CC[C@@H]12. The highest BCUT2D eigenvalue weighted by molar-refractivity contribution is 5.87. The fourth-order valence-corrected chi connectivity index (χ4v) is 8.47. The normalized spacial score (nSPS) is 54.3. The minimum atomic E-state index is -1.71. The first kappa shape index (κ1) is 23.7. The Hall–Kier alpha value is -1.06. The van der Waals surface area contributed by atoms with Crippen LogP contribution in [0.1, 0.15) is 71.6 Å². The van der Waals surface area contributed by atoms with E-state index < -0.39 is 36.7 Å². The van der Waals surface area contributed by atoms with Crippen molar-refractivity contribution in [2.45, 2.75) is 108 Å². The van der Waals surface area contributed by atoms with Gasteiger partial charge in [0, 0.05) is 11.8 Å². The summed E-state index contributed by atoms with van der Waals surface area (Å²) in [4.78, 5) is 24.0. The number of carbonyl (C=O) groups is 2. The summed E-state index contributed by atoms with van der Waals surface area (Å²) in [6, 6.07) is 0. The molecule has 1 saturated heterocycles. The Balaban J connectivity index is 1.26. The smallest absolute Gasteiger partial charge is 0.335 e. The Morgan fingerprint density at radius 3 is 2.45 bits per heavy atom. The summed E-state index contributed by atoms with van der Waals surface area (Å²) in [5.74, 6) is 1.28. The first-order chi connectivity index (χ1) is 15.6. The second kappa shape index (κ2) is 8.26. The van der Waals surface area contributed by atoms with Crippen LogP contribution in [0.25, 0.3) is 0 Å². The molecule has 5 aliphatic rings. The molecular formula is C25H38O8. The average molecular weight is 467 g/mol. The molecular weight excluding hydrogens is 428 g/mol. The van der Waals surface area contributed by atoms with E-state index in [0.29, 0.717) is 29.5 Å². The van der Waals surface area contributed by atoms with E-state index in [-0.39, 0.29) is 16.9 Å². The molecule has 4 N–H and O–H groups in total. The van der Waals surface area contributed by atoms with Crippen molar-refractivity contribution in [2.75, 3.05) is 0 Å². The molecule has 0 aromatic heterocycles. The number of ketones is 1. The molecule has 1 heterocycles. The highest BCUT2D eigenvalue weighted by Crippen LogP contribution is 2.65. The number of Topliss-reactive ketones (excluding diaryl/α,β-unsaturated/α-hetero) is 1. The van der Waals surface area contributed by atoms with Crippen LogP contribution in [0, 0.1) is 34.5 Å². The molecule has 33 heavy (non-hydrogen) atoms. The molecule has 0 aromatic rings. The van der Waals surface area contributed by atoms with Crippen LogP contribution < -0.4 is 0 Å². The second-order valence-electron chi connectivity index (χ2n) is 11.8. The van der Waals surface area contributed by atoms with Gasteiger partial charge in [0.25, 0.3) is 0 Å². The summed E-state index contributed by atoms with van der Waals surface area (Å²) in [6.07, 6.45) is 0.719. The molecule has 0 amide bonds. The quantitative estimate of drug-likeness (QED) is 0.463. The lowest BCUT2D eigenvalue weighted by molar-refractivity contribution is -0.309. The van der Waals surface area contributed by atoms with Crippen LogP contribution in [0.4, 0.5) is 0 Å². The number of rotatable bonds is 3. The zero-order valence-corrected chi connectivity index (χ0v) is 19.6. The van der Waals surface area contributed by atoms with Gasteiger partial charge in [0.1, 0.15) is 24.1 Å². The van der Waals surface area contributed by atoms with Crippen LogP contribution in [-0.2, 0) is 19.1 Å². The Labute approximate surface area is 194 Å². The van der Waals surface area contributed by atoms with Crippen molar-refractivity contribution in [3.05, 3.63) is 0 Å². The monoisotopic (exact) mass is 466 g/mol. The fraction of sp³-hybridized carbons (Fsp3) is 0.920. The Kier molecular flexibility index (Phi) is 5.93. The molecule has 4 aliphatic carbocycles. The van der Waals surface area contributed by atoms with Gasteiger partial charge in [-0.05, 0) is 80.5 Å². The fourth-order valence-electron chi connectivity index (χ4n) is 8.47. The molecule has 0 radical (unpaired) electrons. The van der Waals surface area contributed by atoms with Gasteiger partial charge in [-0.15, -0.1) is 0 Å². The molecule has 186 valence electrons. The van der Waals surface area contributed by atoms with E-state index in [2.05, 4.69) is 13.8 Å². The van der Waals surface area contributed by atoms with Gasteiger partial charge in [-0.2, -0.15) is 0 Å². The van der Waals surface area contributed by atoms with E-state index in [1.165, 1.54) is 0 Å². The third-order valence-electron chi connectivity index (χ3n) is 10.5. The van der Waals surface area contributed by atoms with Gasteiger partial charge in [-0.3, -0.25) is 4.79 Å². The van der Waals surface area contributed by atoms with Gasteiger partial charge in [-0.1, -0.05) is 13.8 Å². The molecule has 8 nitrogen and oxygen atoms in total. The van der Waals surface area contributed by atoms with Crippen molar-refractivity contribution >= 4 is 11.8 Å². The van der Waals surface area contributed by atoms with Crippen LogP contribution in [0.15, 0.2) is 0 Å². The van der Waals surface area contributed by atoms with Crippen LogP contribution >= 0.6 is 0 Å². The van der Waals surface area contributed by atoms with E-state index in [9.17, 15) is 30.0 Å². The van der Waals surface area contributed by atoms with Gasteiger partial charge in [0.2, 0.25) is 0 Å². The first-order valence-electron chi connectivity index (χ1n) is 12.7. The maximum absolute atomic E-state index is 12.6. The van der Waals surface area contributed by atoms with E-state index in [4.69, 9.17) is 9.47 Å². The van der Waals surface area contributed by atoms with Crippen LogP contribution in [0.2, 0.25) is 0 Å². The number of carboxylic acid groups (broad SMARTS) is 1. The molecule has 5 rings (SSSR count). The van der Waals surface area contributed by atoms with E-state index in [1.54, 1.807) is 0 Å². The maximum Gasteiger partial charge on any atom is 0.335 e. The number of aliphatic hydroxyl groups is 3. The third-order valence-corrected chi connectivity index (χ3v) is 10.5.